The number of aromatic nitrogens is 1. The zero-order chi connectivity index (χ0) is 15.7. The lowest BCUT2D eigenvalue weighted by molar-refractivity contribution is -0.174. The normalized spacial score (nSPS) is 26.2. The highest BCUT2D eigenvalue weighted by Gasteiger charge is 2.50. The lowest BCUT2D eigenvalue weighted by Crippen LogP contribution is -2.69. The topological polar surface area (TPSA) is 54.9 Å². The molecule has 23 heavy (non-hydrogen) atoms. The minimum Gasteiger partial charge on any atom is -0.474 e. The van der Waals surface area contributed by atoms with E-state index < -0.39 is 0 Å². The van der Waals surface area contributed by atoms with Crippen molar-refractivity contribution in [1.29, 1.82) is 0 Å². The summed E-state index contributed by atoms with van der Waals surface area (Å²) in [5, 5.41) is 0. The van der Waals surface area contributed by atoms with Crippen LogP contribution in [0.15, 0.2) is 24.4 Å². The Labute approximate surface area is 136 Å². The standard InChI is InChI=1S/C17H23N3O3/c21-16(19-8-3-4-9-19)20-12-17(13-20)11-14(6-10-22-17)23-15-5-1-2-7-18-15/h1-2,5,7,14H,3-4,6,8-13H2. The second kappa shape index (κ2) is 6.00. The van der Waals surface area contributed by atoms with Gasteiger partial charge < -0.3 is 19.3 Å². The molecule has 0 aromatic carbocycles. The molecule has 2 amide bonds. The first kappa shape index (κ1) is 14.8. The van der Waals surface area contributed by atoms with Gasteiger partial charge in [0.15, 0.2) is 0 Å². The van der Waals surface area contributed by atoms with Gasteiger partial charge in [0, 0.05) is 38.2 Å². The monoisotopic (exact) mass is 317 g/mol. The van der Waals surface area contributed by atoms with Gasteiger partial charge in [-0.15, -0.1) is 0 Å². The summed E-state index contributed by atoms with van der Waals surface area (Å²) in [7, 11) is 0. The summed E-state index contributed by atoms with van der Waals surface area (Å²) in [6.45, 7) is 3.85. The Morgan fingerprint density at radius 2 is 2.09 bits per heavy atom. The number of ether oxygens (including phenoxy) is 2. The third-order valence-electron chi connectivity index (χ3n) is 4.98. The number of hydrogen-bond acceptors (Lipinski definition) is 4. The first-order valence-corrected chi connectivity index (χ1v) is 8.50. The molecule has 0 N–H and O–H groups in total. The van der Waals surface area contributed by atoms with Gasteiger partial charge in [0.2, 0.25) is 5.88 Å². The fourth-order valence-electron chi connectivity index (χ4n) is 3.78. The summed E-state index contributed by atoms with van der Waals surface area (Å²) in [4.78, 5) is 20.5. The van der Waals surface area contributed by atoms with Gasteiger partial charge in [0.05, 0.1) is 19.7 Å². The molecule has 1 spiro atoms. The van der Waals surface area contributed by atoms with Crippen molar-refractivity contribution < 1.29 is 14.3 Å². The molecule has 124 valence electrons. The highest BCUT2D eigenvalue weighted by Crippen LogP contribution is 2.36. The molecule has 3 aliphatic heterocycles. The Morgan fingerprint density at radius 3 is 2.83 bits per heavy atom. The molecule has 6 nitrogen and oxygen atoms in total. The first-order valence-electron chi connectivity index (χ1n) is 8.50. The van der Waals surface area contributed by atoms with Gasteiger partial charge in [-0.3, -0.25) is 0 Å². The zero-order valence-corrected chi connectivity index (χ0v) is 13.3. The first-order chi connectivity index (χ1) is 11.2. The van der Waals surface area contributed by atoms with Crippen molar-refractivity contribution in [3.8, 4) is 5.88 Å². The summed E-state index contributed by atoms with van der Waals surface area (Å²) in [6, 6.07) is 5.86. The number of carbonyl (C=O) groups is 1. The van der Waals surface area contributed by atoms with E-state index in [9.17, 15) is 4.79 Å². The van der Waals surface area contributed by atoms with Crippen molar-refractivity contribution in [1.82, 2.24) is 14.8 Å². The average Bonchev–Trinajstić information content (AvgIpc) is 3.07. The molecular formula is C17H23N3O3. The minimum atomic E-state index is -0.215. The highest BCUT2D eigenvalue weighted by atomic mass is 16.5. The van der Waals surface area contributed by atoms with E-state index in [0.29, 0.717) is 25.6 Å². The SMILES string of the molecule is O=C(N1CCCC1)N1CC2(CC(Oc3ccccn3)CCO2)C1. The third-order valence-corrected chi connectivity index (χ3v) is 4.98. The maximum atomic E-state index is 12.4. The van der Waals surface area contributed by atoms with Crippen LogP contribution in [-0.4, -0.2) is 65.3 Å². The molecule has 0 radical (unpaired) electrons. The van der Waals surface area contributed by atoms with Gasteiger partial charge >= 0.3 is 6.03 Å². The van der Waals surface area contributed by atoms with E-state index in [1.165, 1.54) is 0 Å². The van der Waals surface area contributed by atoms with Crippen LogP contribution in [-0.2, 0) is 4.74 Å². The van der Waals surface area contributed by atoms with Crippen molar-refractivity contribution in [2.45, 2.75) is 37.4 Å². The predicted octanol–water partition coefficient (Wildman–Crippen LogP) is 1.91. The summed E-state index contributed by atoms with van der Waals surface area (Å²) in [5.41, 5.74) is -0.215. The molecule has 3 fully saturated rings. The second-order valence-corrected chi connectivity index (χ2v) is 6.76. The smallest absolute Gasteiger partial charge is 0.320 e. The van der Waals surface area contributed by atoms with E-state index in [4.69, 9.17) is 9.47 Å². The van der Waals surface area contributed by atoms with Crippen LogP contribution < -0.4 is 4.74 Å². The largest absolute Gasteiger partial charge is 0.474 e. The molecule has 6 heteroatoms. The average molecular weight is 317 g/mol. The number of nitrogens with zero attached hydrogens (tertiary/aromatic N) is 3. The van der Waals surface area contributed by atoms with Gasteiger partial charge in [-0.2, -0.15) is 0 Å². The molecule has 3 saturated heterocycles. The predicted molar refractivity (Wildman–Crippen MR) is 84.3 cm³/mol. The fourth-order valence-corrected chi connectivity index (χ4v) is 3.78. The highest BCUT2D eigenvalue weighted by molar-refractivity contribution is 5.76. The molecule has 3 aliphatic rings. The zero-order valence-electron chi connectivity index (χ0n) is 13.3. The van der Waals surface area contributed by atoms with Crippen LogP contribution in [0.3, 0.4) is 0 Å². The molecule has 1 atom stereocenters. The van der Waals surface area contributed by atoms with Crippen LogP contribution in [0.1, 0.15) is 25.7 Å². The summed E-state index contributed by atoms with van der Waals surface area (Å²) in [5.74, 6) is 0.666. The van der Waals surface area contributed by atoms with E-state index in [-0.39, 0.29) is 17.7 Å². The number of rotatable bonds is 2. The fraction of sp³-hybridized carbons (Fsp3) is 0.647. The molecule has 0 aliphatic carbocycles. The Hall–Kier alpha value is -1.82. The Kier molecular flexibility index (Phi) is 3.85. The van der Waals surface area contributed by atoms with Gasteiger partial charge in [-0.05, 0) is 18.9 Å². The third kappa shape index (κ3) is 3.00. The van der Waals surface area contributed by atoms with Gasteiger partial charge in [-0.1, -0.05) is 6.07 Å². The van der Waals surface area contributed by atoms with E-state index in [2.05, 4.69) is 4.98 Å². The minimum absolute atomic E-state index is 0.114. The molecule has 4 rings (SSSR count). The summed E-state index contributed by atoms with van der Waals surface area (Å²) >= 11 is 0. The van der Waals surface area contributed by atoms with E-state index in [1.54, 1.807) is 6.20 Å². The van der Waals surface area contributed by atoms with Crippen molar-refractivity contribution in [2.24, 2.45) is 0 Å². The summed E-state index contributed by atoms with van der Waals surface area (Å²) < 4.78 is 12.0. The lowest BCUT2D eigenvalue weighted by atomic mass is 9.85. The van der Waals surface area contributed by atoms with E-state index in [0.717, 1.165) is 38.8 Å². The maximum Gasteiger partial charge on any atom is 0.320 e. The molecule has 1 aromatic heterocycles. The number of hydrogen-bond donors (Lipinski definition) is 0. The van der Waals surface area contributed by atoms with Gasteiger partial charge in [0.25, 0.3) is 0 Å². The van der Waals surface area contributed by atoms with E-state index in [1.807, 2.05) is 28.0 Å². The Morgan fingerprint density at radius 1 is 1.26 bits per heavy atom. The lowest BCUT2D eigenvalue weighted by Gasteiger charge is -2.53. The quantitative estimate of drug-likeness (QED) is 0.836. The number of carbonyl (C=O) groups excluding carboxylic acids is 1. The van der Waals surface area contributed by atoms with Gasteiger partial charge in [0.1, 0.15) is 11.7 Å². The van der Waals surface area contributed by atoms with Crippen molar-refractivity contribution in [2.75, 3.05) is 32.8 Å². The van der Waals surface area contributed by atoms with Gasteiger partial charge in [-0.25, -0.2) is 9.78 Å². The van der Waals surface area contributed by atoms with Crippen LogP contribution in [0.25, 0.3) is 0 Å². The van der Waals surface area contributed by atoms with Crippen LogP contribution >= 0.6 is 0 Å². The van der Waals surface area contributed by atoms with E-state index >= 15 is 0 Å². The number of amides is 2. The molecular weight excluding hydrogens is 294 g/mol. The second-order valence-electron chi connectivity index (χ2n) is 6.76. The maximum absolute atomic E-state index is 12.4. The van der Waals surface area contributed by atoms with Crippen LogP contribution in [0.4, 0.5) is 4.79 Å². The molecule has 0 bridgehead atoms. The number of likely N-dealkylation sites (tertiary alicyclic amines) is 2. The molecule has 4 heterocycles. The van der Waals surface area contributed by atoms with Crippen LogP contribution in [0.5, 0.6) is 5.88 Å². The number of urea groups is 1. The summed E-state index contributed by atoms with van der Waals surface area (Å²) in [6.07, 6.45) is 5.81. The Balaban J connectivity index is 1.32. The molecule has 1 unspecified atom stereocenters. The van der Waals surface area contributed by atoms with Crippen LogP contribution in [0.2, 0.25) is 0 Å². The molecule has 1 aromatic rings. The van der Waals surface area contributed by atoms with Crippen molar-refractivity contribution in [3.63, 3.8) is 0 Å². The molecule has 0 saturated carbocycles. The van der Waals surface area contributed by atoms with Crippen molar-refractivity contribution >= 4 is 6.03 Å². The number of pyridine rings is 1. The van der Waals surface area contributed by atoms with Crippen molar-refractivity contribution in [3.05, 3.63) is 24.4 Å². The Bertz CT molecular complexity index is 553. The van der Waals surface area contributed by atoms with Crippen LogP contribution in [0, 0.1) is 0 Å².